The molecule has 0 atom stereocenters. The molecule has 0 aliphatic carbocycles. The van der Waals surface area contributed by atoms with Gasteiger partial charge in [0.25, 0.3) is 0 Å². The van der Waals surface area contributed by atoms with E-state index in [1.165, 1.54) is 4.31 Å². The van der Waals surface area contributed by atoms with Gasteiger partial charge in [0.15, 0.2) is 0 Å². The van der Waals surface area contributed by atoms with Crippen molar-refractivity contribution < 1.29 is 8.42 Å². The first-order chi connectivity index (χ1) is 12.5. The molecule has 3 rings (SSSR count). The second-order valence-electron chi connectivity index (χ2n) is 5.66. The molecule has 0 unspecified atom stereocenters. The molecule has 1 aromatic heterocycles. The van der Waals surface area contributed by atoms with Gasteiger partial charge in [0.2, 0.25) is 10.0 Å². The molecule has 0 radical (unpaired) electrons. The number of benzene rings is 2. The lowest BCUT2D eigenvalue weighted by Gasteiger charge is -2.18. The number of thiazole rings is 1. The van der Waals surface area contributed by atoms with E-state index >= 15 is 0 Å². The lowest BCUT2D eigenvalue weighted by molar-refractivity contribution is 0.445. The summed E-state index contributed by atoms with van der Waals surface area (Å²) in [6.45, 7) is 4.61. The molecular formula is C19H19BrN2O2S2. The molecule has 26 heavy (non-hydrogen) atoms. The fraction of sp³-hybridized carbons (Fsp3) is 0.211. The molecule has 4 nitrogen and oxygen atoms in total. The van der Waals surface area contributed by atoms with E-state index in [9.17, 15) is 8.42 Å². The van der Waals surface area contributed by atoms with Gasteiger partial charge >= 0.3 is 0 Å². The molecule has 0 bridgehead atoms. The molecule has 0 amide bonds. The van der Waals surface area contributed by atoms with Gasteiger partial charge in [-0.05, 0) is 24.3 Å². The number of rotatable bonds is 6. The molecule has 0 aliphatic rings. The maximum Gasteiger partial charge on any atom is 0.243 e. The Morgan fingerprint density at radius 2 is 1.54 bits per heavy atom. The summed E-state index contributed by atoms with van der Waals surface area (Å²) in [5.74, 6) is 0. The van der Waals surface area contributed by atoms with Crippen molar-refractivity contribution in [2.75, 3.05) is 13.1 Å². The Morgan fingerprint density at radius 3 is 2.12 bits per heavy atom. The zero-order valence-electron chi connectivity index (χ0n) is 14.5. The van der Waals surface area contributed by atoms with Crippen LogP contribution in [-0.4, -0.2) is 30.8 Å². The van der Waals surface area contributed by atoms with Crippen LogP contribution in [-0.2, 0) is 10.0 Å². The highest BCUT2D eigenvalue weighted by Gasteiger charge is 2.21. The molecule has 7 heteroatoms. The number of sulfonamides is 1. The smallest absolute Gasteiger partial charge is 0.236 e. The Bertz CT molecular complexity index is 977. The second kappa shape index (κ2) is 8.00. The predicted molar refractivity (Wildman–Crippen MR) is 111 cm³/mol. The van der Waals surface area contributed by atoms with Crippen molar-refractivity contribution in [2.24, 2.45) is 0 Å². The third-order valence-electron chi connectivity index (χ3n) is 4.09. The van der Waals surface area contributed by atoms with Crippen molar-refractivity contribution >= 4 is 37.3 Å². The van der Waals surface area contributed by atoms with Crippen LogP contribution < -0.4 is 0 Å². The maximum absolute atomic E-state index is 12.6. The van der Waals surface area contributed by atoms with Crippen molar-refractivity contribution in [3.63, 3.8) is 0 Å². The van der Waals surface area contributed by atoms with Gasteiger partial charge in [-0.2, -0.15) is 4.31 Å². The fourth-order valence-corrected chi connectivity index (χ4v) is 5.20. The molecule has 0 saturated heterocycles. The lowest BCUT2D eigenvalue weighted by Crippen LogP contribution is -2.30. The van der Waals surface area contributed by atoms with Crippen molar-refractivity contribution in [3.05, 3.63) is 58.4 Å². The van der Waals surface area contributed by atoms with Crippen LogP contribution in [0.3, 0.4) is 0 Å². The van der Waals surface area contributed by atoms with Gasteiger partial charge in [-0.15, -0.1) is 11.3 Å². The second-order valence-corrected chi connectivity index (χ2v) is 9.37. The van der Waals surface area contributed by atoms with Crippen LogP contribution in [0.1, 0.15) is 13.8 Å². The average Bonchev–Trinajstić information content (AvgIpc) is 3.13. The van der Waals surface area contributed by atoms with Gasteiger partial charge in [0.05, 0.1) is 10.6 Å². The highest BCUT2D eigenvalue weighted by molar-refractivity contribution is 9.10. The molecule has 0 saturated carbocycles. The monoisotopic (exact) mass is 450 g/mol. The maximum atomic E-state index is 12.6. The molecule has 3 aromatic rings. The Balaban J connectivity index is 1.87. The highest BCUT2D eigenvalue weighted by atomic mass is 79.9. The Hall–Kier alpha value is -1.54. The SMILES string of the molecule is CCN(CC)S(=O)(=O)c1ccc(-c2csc(-c3ccc(Br)cc3)n2)cc1. The summed E-state index contributed by atoms with van der Waals surface area (Å²) in [5, 5.41) is 2.93. The lowest BCUT2D eigenvalue weighted by atomic mass is 10.2. The molecule has 0 N–H and O–H groups in total. The van der Waals surface area contributed by atoms with Crippen LogP contribution in [0, 0.1) is 0 Å². The molecular weight excluding hydrogens is 432 g/mol. The Kier molecular flexibility index (Phi) is 5.92. The Labute approximate surface area is 166 Å². The van der Waals surface area contributed by atoms with Crippen molar-refractivity contribution in [1.29, 1.82) is 0 Å². The van der Waals surface area contributed by atoms with Gasteiger partial charge in [-0.3, -0.25) is 0 Å². The fourth-order valence-electron chi connectivity index (χ4n) is 2.64. The summed E-state index contributed by atoms with van der Waals surface area (Å²) in [6.07, 6.45) is 0. The first-order valence-electron chi connectivity index (χ1n) is 8.27. The summed E-state index contributed by atoms with van der Waals surface area (Å²) in [4.78, 5) is 5.00. The van der Waals surface area contributed by atoms with Crippen LogP contribution in [0.2, 0.25) is 0 Å². The molecule has 0 fully saturated rings. The van der Waals surface area contributed by atoms with E-state index in [0.29, 0.717) is 18.0 Å². The van der Waals surface area contributed by atoms with Gasteiger partial charge in [-0.1, -0.05) is 54.0 Å². The van der Waals surface area contributed by atoms with Gasteiger partial charge in [0.1, 0.15) is 5.01 Å². The zero-order valence-corrected chi connectivity index (χ0v) is 17.7. The minimum absolute atomic E-state index is 0.313. The minimum Gasteiger partial charge on any atom is -0.236 e. The predicted octanol–water partition coefficient (Wildman–Crippen LogP) is 5.27. The van der Waals surface area contributed by atoms with Crippen LogP contribution in [0.5, 0.6) is 0 Å². The average molecular weight is 451 g/mol. The number of hydrogen-bond acceptors (Lipinski definition) is 4. The third kappa shape index (κ3) is 3.91. The van der Waals surface area contributed by atoms with Crippen LogP contribution in [0.4, 0.5) is 0 Å². The molecule has 2 aromatic carbocycles. The van der Waals surface area contributed by atoms with Gasteiger partial charge < -0.3 is 0 Å². The van der Waals surface area contributed by atoms with Crippen molar-refractivity contribution in [1.82, 2.24) is 9.29 Å². The van der Waals surface area contributed by atoms with E-state index in [0.717, 1.165) is 26.3 Å². The molecule has 0 aliphatic heterocycles. The minimum atomic E-state index is -3.43. The summed E-state index contributed by atoms with van der Waals surface area (Å²) < 4.78 is 27.6. The van der Waals surface area contributed by atoms with Crippen molar-refractivity contribution in [2.45, 2.75) is 18.7 Å². The normalized spacial score (nSPS) is 11.8. The van der Waals surface area contributed by atoms with E-state index in [2.05, 4.69) is 20.9 Å². The zero-order chi connectivity index (χ0) is 18.7. The van der Waals surface area contributed by atoms with E-state index in [1.807, 2.05) is 55.6 Å². The van der Waals surface area contributed by atoms with Crippen LogP contribution >= 0.6 is 27.3 Å². The first-order valence-corrected chi connectivity index (χ1v) is 11.4. The quantitative estimate of drug-likeness (QED) is 0.513. The van der Waals surface area contributed by atoms with Gasteiger partial charge in [-0.25, -0.2) is 13.4 Å². The summed E-state index contributed by atoms with van der Waals surface area (Å²) in [6, 6.07) is 15.0. The molecule has 1 heterocycles. The molecule has 0 spiro atoms. The number of halogens is 1. The topological polar surface area (TPSA) is 50.3 Å². The van der Waals surface area contributed by atoms with Crippen LogP contribution in [0.25, 0.3) is 21.8 Å². The number of hydrogen-bond donors (Lipinski definition) is 0. The summed E-state index contributed by atoms with van der Waals surface area (Å²) in [5.41, 5.74) is 2.81. The highest BCUT2D eigenvalue weighted by Crippen LogP contribution is 2.30. The summed E-state index contributed by atoms with van der Waals surface area (Å²) in [7, 11) is -3.43. The standard InChI is InChI=1S/C19H19BrN2O2S2/c1-3-22(4-2)26(23,24)17-11-7-14(8-12-17)18-13-25-19(21-18)15-5-9-16(20)10-6-15/h5-13H,3-4H2,1-2H3. The first kappa shape index (κ1) is 19.2. The summed E-state index contributed by atoms with van der Waals surface area (Å²) >= 11 is 5.01. The van der Waals surface area contributed by atoms with E-state index in [1.54, 1.807) is 23.5 Å². The third-order valence-corrected chi connectivity index (χ3v) is 7.57. The van der Waals surface area contributed by atoms with Crippen LogP contribution in [0.15, 0.2) is 63.3 Å². The number of aromatic nitrogens is 1. The van der Waals surface area contributed by atoms with Crippen molar-refractivity contribution in [3.8, 4) is 21.8 Å². The number of nitrogens with zero attached hydrogens (tertiary/aromatic N) is 2. The largest absolute Gasteiger partial charge is 0.243 e. The van der Waals surface area contributed by atoms with E-state index in [4.69, 9.17) is 0 Å². The van der Waals surface area contributed by atoms with E-state index < -0.39 is 10.0 Å². The Morgan fingerprint density at radius 1 is 0.962 bits per heavy atom. The molecule has 136 valence electrons. The van der Waals surface area contributed by atoms with E-state index in [-0.39, 0.29) is 0 Å². The van der Waals surface area contributed by atoms with Gasteiger partial charge in [0, 0.05) is 34.1 Å².